The highest BCUT2D eigenvalue weighted by atomic mass is 32.2. The molecule has 1 aliphatic heterocycles. The third-order valence-corrected chi connectivity index (χ3v) is 9.79. The molecule has 6 rings (SSSR count). The Morgan fingerprint density at radius 2 is 1.79 bits per heavy atom. The standard InChI is InChI=1S/C35H33N3O7S2/c1-20(2)15-16-44-24-14-13-22(17-26(24)43-4)29-28(30(39)27-18-23-11-8-12-25(42-3)32(23)45-27)31(40)33(41)38(29)34-36-37-35(47-34)46-19-21-9-6-5-7-10-21/h5-14,17-18,20,29,40H,15-16,19H2,1-4H3. The summed E-state index contributed by atoms with van der Waals surface area (Å²) in [6.45, 7) is 4.73. The van der Waals surface area contributed by atoms with Crippen LogP contribution >= 0.6 is 23.1 Å². The molecule has 47 heavy (non-hydrogen) atoms. The Morgan fingerprint density at radius 1 is 1.00 bits per heavy atom. The lowest BCUT2D eigenvalue weighted by molar-refractivity contribution is -0.117. The first kappa shape index (κ1) is 32.1. The molecule has 242 valence electrons. The summed E-state index contributed by atoms with van der Waals surface area (Å²) in [4.78, 5) is 29.3. The number of benzene rings is 3. The van der Waals surface area contributed by atoms with E-state index in [4.69, 9.17) is 18.6 Å². The van der Waals surface area contributed by atoms with Gasteiger partial charge >= 0.3 is 0 Å². The number of thioether (sulfide) groups is 1. The van der Waals surface area contributed by atoms with Gasteiger partial charge in [-0.25, -0.2) is 0 Å². The number of aromatic nitrogens is 2. The fourth-order valence-electron chi connectivity index (χ4n) is 5.25. The monoisotopic (exact) mass is 671 g/mol. The Kier molecular flexibility index (Phi) is 9.50. The minimum absolute atomic E-state index is 0.0531. The van der Waals surface area contributed by atoms with Gasteiger partial charge in [-0.05, 0) is 47.7 Å². The molecule has 0 fully saturated rings. The van der Waals surface area contributed by atoms with Crippen LogP contribution in [0.25, 0.3) is 11.0 Å². The molecule has 3 aromatic carbocycles. The van der Waals surface area contributed by atoms with Gasteiger partial charge in [0.15, 0.2) is 38.7 Å². The number of amides is 1. The molecule has 1 atom stereocenters. The molecule has 5 aromatic rings. The number of nitrogens with zero attached hydrogens (tertiary/aromatic N) is 3. The second-order valence-electron chi connectivity index (χ2n) is 11.2. The number of hydrogen-bond donors (Lipinski definition) is 1. The number of carbonyl (C=O) groups is 2. The van der Waals surface area contributed by atoms with Crippen molar-refractivity contribution in [3.8, 4) is 17.2 Å². The molecule has 1 amide bonds. The molecule has 0 spiro atoms. The van der Waals surface area contributed by atoms with Gasteiger partial charge in [-0.3, -0.25) is 14.5 Å². The maximum absolute atomic E-state index is 14.2. The topological polar surface area (TPSA) is 124 Å². The van der Waals surface area contributed by atoms with E-state index in [-0.39, 0.29) is 16.5 Å². The highest BCUT2D eigenvalue weighted by molar-refractivity contribution is 8.00. The summed E-state index contributed by atoms with van der Waals surface area (Å²) >= 11 is 2.68. The summed E-state index contributed by atoms with van der Waals surface area (Å²) < 4.78 is 23.7. The van der Waals surface area contributed by atoms with Crippen molar-refractivity contribution in [1.82, 2.24) is 10.2 Å². The van der Waals surface area contributed by atoms with Crippen LogP contribution in [0.15, 0.2) is 92.9 Å². The lowest BCUT2D eigenvalue weighted by Gasteiger charge is -2.24. The molecule has 0 aliphatic carbocycles. The van der Waals surface area contributed by atoms with Crippen molar-refractivity contribution in [3.63, 3.8) is 0 Å². The second kappa shape index (κ2) is 13.9. The number of anilines is 1. The summed E-state index contributed by atoms with van der Waals surface area (Å²) in [7, 11) is 3.03. The maximum atomic E-state index is 14.2. The number of furan rings is 1. The molecular weight excluding hydrogens is 639 g/mol. The zero-order chi connectivity index (χ0) is 33.1. The largest absolute Gasteiger partial charge is 0.503 e. The number of aliphatic hydroxyl groups is 1. The van der Waals surface area contributed by atoms with Crippen LogP contribution in [0.1, 0.15) is 48.0 Å². The van der Waals surface area contributed by atoms with Crippen LogP contribution < -0.4 is 19.1 Å². The van der Waals surface area contributed by atoms with E-state index >= 15 is 0 Å². The summed E-state index contributed by atoms with van der Waals surface area (Å²) in [6, 6.07) is 20.9. The molecule has 12 heteroatoms. The van der Waals surface area contributed by atoms with Gasteiger partial charge in [0.25, 0.3) is 5.91 Å². The van der Waals surface area contributed by atoms with E-state index in [1.807, 2.05) is 30.3 Å². The Balaban J connectivity index is 1.39. The lowest BCUT2D eigenvalue weighted by Crippen LogP contribution is -2.31. The molecule has 2 aromatic heterocycles. The molecule has 3 heterocycles. The Morgan fingerprint density at radius 3 is 2.53 bits per heavy atom. The van der Waals surface area contributed by atoms with Gasteiger partial charge in [0.05, 0.1) is 32.4 Å². The quantitative estimate of drug-likeness (QED) is 0.0753. The fourth-order valence-corrected chi connectivity index (χ4v) is 7.07. The van der Waals surface area contributed by atoms with Gasteiger partial charge in [0.1, 0.15) is 0 Å². The number of fused-ring (bicyclic) bond motifs is 1. The average molecular weight is 672 g/mol. The number of aliphatic hydroxyl groups excluding tert-OH is 1. The van der Waals surface area contributed by atoms with Gasteiger partial charge in [0, 0.05) is 11.1 Å². The maximum Gasteiger partial charge on any atom is 0.296 e. The van der Waals surface area contributed by atoms with E-state index in [0.29, 0.717) is 56.4 Å². The molecular formula is C35H33N3O7S2. The number of Topliss-reactive ketones (excluding diaryl/α,β-unsaturated/α-hetero) is 1. The van der Waals surface area contributed by atoms with Crippen molar-refractivity contribution in [2.75, 3.05) is 25.7 Å². The van der Waals surface area contributed by atoms with Crippen LogP contribution in [0.2, 0.25) is 0 Å². The SMILES string of the molecule is COc1cc(C2C(C(=O)c3cc4cccc(OC)c4o3)=C(O)C(=O)N2c2nnc(SCc3ccccc3)s2)ccc1OCCC(C)C. The summed E-state index contributed by atoms with van der Waals surface area (Å²) in [5.74, 6) is 0.328. The normalized spacial score (nSPS) is 14.8. The van der Waals surface area contributed by atoms with Gasteiger partial charge in [0.2, 0.25) is 10.9 Å². The summed E-state index contributed by atoms with van der Waals surface area (Å²) in [6.07, 6.45) is 0.856. The van der Waals surface area contributed by atoms with E-state index in [9.17, 15) is 14.7 Å². The average Bonchev–Trinajstić information content (AvgIpc) is 3.80. The number of carbonyl (C=O) groups excluding carboxylic acids is 2. The van der Waals surface area contributed by atoms with Crippen LogP contribution in [0, 0.1) is 5.92 Å². The molecule has 0 radical (unpaired) electrons. The Hall–Kier alpha value is -4.81. The molecule has 0 saturated heterocycles. The van der Waals surface area contributed by atoms with Crippen LogP contribution in [0.4, 0.5) is 5.13 Å². The molecule has 1 N–H and O–H groups in total. The first-order chi connectivity index (χ1) is 22.8. The van der Waals surface area contributed by atoms with Crippen LogP contribution in [0.3, 0.4) is 0 Å². The summed E-state index contributed by atoms with van der Waals surface area (Å²) in [5.41, 5.74) is 1.84. The zero-order valence-electron chi connectivity index (χ0n) is 26.3. The predicted molar refractivity (Wildman–Crippen MR) is 181 cm³/mol. The van der Waals surface area contributed by atoms with Crippen molar-refractivity contribution in [1.29, 1.82) is 0 Å². The van der Waals surface area contributed by atoms with Gasteiger partial charge in [-0.1, -0.05) is 85.5 Å². The van der Waals surface area contributed by atoms with Gasteiger partial charge < -0.3 is 23.7 Å². The number of rotatable bonds is 13. The van der Waals surface area contributed by atoms with Crippen LogP contribution in [-0.4, -0.2) is 47.8 Å². The van der Waals surface area contributed by atoms with Crippen molar-refractivity contribution < 1.29 is 33.3 Å². The van der Waals surface area contributed by atoms with E-state index in [1.165, 1.54) is 42.2 Å². The predicted octanol–water partition coefficient (Wildman–Crippen LogP) is 7.80. The smallest absolute Gasteiger partial charge is 0.296 e. The number of para-hydroxylation sites is 1. The highest BCUT2D eigenvalue weighted by Crippen LogP contribution is 2.46. The first-order valence-corrected chi connectivity index (χ1v) is 16.8. The fraction of sp³-hybridized carbons (Fsp3) is 0.257. The second-order valence-corrected chi connectivity index (χ2v) is 13.4. The van der Waals surface area contributed by atoms with Crippen molar-refractivity contribution in [2.24, 2.45) is 5.92 Å². The van der Waals surface area contributed by atoms with E-state index < -0.39 is 23.5 Å². The van der Waals surface area contributed by atoms with Crippen molar-refractivity contribution in [2.45, 2.75) is 36.4 Å². The number of methoxy groups -OCH3 is 2. The Labute approximate surface area is 280 Å². The summed E-state index contributed by atoms with van der Waals surface area (Å²) in [5, 5.41) is 20.8. The number of ketones is 1. The minimum Gasteiger partial charge on any atom is -0.503 e. The minimum atomic E-state index is -1.07. The van der Waals surface area contributed by atoms with E-state index in [0.717, 1.165) is 12.0 Å². The molecule has 1 unspecified atom stereocenters. The molecule has 0 bridgehead atoms. The third-order valence-electron chi connectivity index (χ3n) is 7.67. The van der Waals surface area contributed by atoms with Gasteiger partial charge in [-0.2, -0.15) is 0 Å². The van der Waals surface area contributed by atoms with Crippen molar-refractivity contribution >= 4 is 50.9 Å². The number of hydrogen-bond acceptors (Lipinski definition) is 11. The first-order valence-electron chi connectivity index (χ1n) is 15.0. The van der Waals surface area contributed by atoms with E-state index in [1.54, 1.807) is 42.5 Å². The molecule has 1 aliphatic rings. The highest BCUT2D eigenvalue weighted by Gasteiger charge is 2.47. The number of ether oxygens (including phenoxy) is 3. The molecule has 10 nitrogen and oxygen atoms in total. The lowest BCUT2D eigenvalue weighted by atomic mass is 9.95. The third kappa shape index (κ3) is 6.56. The van der Waals surface area contributed by atoms with Crippen LogP contribution in [-0.2, 0) is 10.5 Å². The van der Waals surface area contributed by atoms with Crippen LogP contribution in [0.5, 0.6) is 17.2 Å². The van der Waals surface area contributed by atoms with Crippen molar-refractivity contribution in [3.05, 3.63) is 101 Å². The van der Waals surface area contributed by atoms with E-state index in [2.05, 4.69) is 24.0 Å². The van der Waals surface area contributed by atoms with Gasteiger partial charge in [-0.15, -0.1) is 10.2 Å². The zero-order valence-corrected chi connectivity index (χ0v) is 27.9. The molecule has 0 saturated carbocycles. The Bertz CT molecular complexity index is 1950.